The molecule has 3 aromatic rings. The number of benzene rings is 2. The highest BCUT2D eigenvalue weighted by Gasteiger charge is 2.20. The lowest BCUT2D eigenvalue weighted by Gasteiger charge is -2.13. The molecule has 0 atom stereocenters. The van der Waals surface area contributed by atoms with Crippen LogP contribution in [0.5, 0.6) is 17.2 Å². The van der Waals surface area contributed by atoms with E-state index in [-0.39, 0.29) is 11.2 Å². The van der Waals surface area contributed by atoms with E-state index in [4.69, 9.17) is 18.6 Å². The summed E-state index contributed by atoms with van der Waals surface area (Å²) in [4.78, 5) is 12.7. The average molecular weight is 391 g/mol. The van der Waals surface area contributed by atoms with E-state index in [1.165, 1.54) is 7.11 Å². The van der Waals surface area contributed by atoms with Crippen molar-refractivity contribution in [2.45, 2.75) is 0 Å². The van der Waals surface area contributed by atoms with Crippen LogP contribution in [0.1, 0.15) is 0 Å². The number of fused-ring (bicyclic) bond motifs is 1. The topological polar surface area (TPSA) is 57.9 Å². The van der Waals surface area contributed by atoms with E-state index >= 15 is 0 Å². The van der Waals surface area contributed by atoms with Gasteiger partial charge in [-0.25, -0.2) is 0 Å². The van der Waals surface area contributed by atoms with Crippen molar-refractivity contribution in [2.75, 3.05) is 21.3 Å². The molecule has 24 heavy (non-hydrogen) atoms. The number of rotatable bonds is 4. The van der Waals surface area contributed by atoms with Gasteiger partial charge in [0, 0.05) is 5.56 Å². The van der Waals surface area contributed by atoms with Crippen molar-refractivity contribution in [1.29, 1.82) is 0 Å². The molecular formula is C18H15BrO5. The van der Waals surface area contributed by atoms with E-state index < -0.39 is 0 Å². The number of hydrogen-bond donors (Lipinski definition) is 0. The molecule has 0 bridgehead atoms. The molecule has 0 saturated heterocycles. The van der Waals surface area contributed by atoms with Crippen LogP contribution in [-0.4, -0.2) is 21.3 Å². The van der Waals surface area contributed by atoms with Gasteiger partial charge in [-0.1, -0.05) is 12.1 Å². The van der Waals surface area contributed by atoms with Crippen LogP contribution in [0.2, 0.25) is 0 Å². The van der Waals surface area contributed by atoms with Crippen molar-refractivity contribution in [3.8, 4) is 28.6 Å². The first-order chi connectivity index (χ1) is 11.6. The molecule has 3 rings (SSSR count). The minimum atomic E-state index is -0.222. The van der Waals surface area contributed by atoms with Gasteiger partial charge in [-0.15, -0.1) is 0 Å². The van der Waals surface area contributed by atoms with Gasteiger partial charge in [0.05, 0.1) is 31.2 Å². The Morgan fingerprint density at radius 1 is 0.958 bits per heavy atom. The van der Waals surface area contributed by atoms with Gasteiger partial charge < -0.3 is 18.6 Å². The van der Waals surface area contributed by atoms with Gasteiger partial charge in [-0.2, -0.15) is 0 Å². The normalized spacial score (nSPS) is 10.7. The van der Waals surface area contributed by atoms with E-state index in [2.05, 4.69) is 15.9 Å². The third-order valence-electron chi connectivity index (χ3n) is 3.66. The number of halogens is 1. The molecule has 0 fully saturated rings. The summed E-state index contributed by atoms with van der Waals surface area (Å²) in [6.07, 6.45) is 0. The molecule has 6 heteroatoms. The zero-order valence-electron chi connectivity index (χ0n) is 13.4. The summed E-state index contributed by atoms with van der Waals surface area (Å²) in [5, 5.41) is 0.470. The van der Waals surface area contributed by atoms with Gasteiger partial charge in [-0.05, 0) is 40.2 Å². The van der Waals surface area contributed by atoms with Crippen LogP contribution in [0.15, 0.2) is 50.1 Å². The molecule has 0 radical (unpaired) electrons. The lowest BCUT2D eigenvalue weighted by molar-refractivity contribution is 0.353. The Morgan fingerprint density at radius 2 is 1.67 bits per heavy atom. The average Bonchev–Trinajstić information content (AvgIpc) is 2.60. The second kappa shape index (κ2) is 6.57. The van der Waals surface area contributed by atoms with Crippen LogP contribution in [-0.2, 0) is 0 Å². The molecule has 1 aromatic heterocycles. The van der Waals surface area contributed by atoms with Crippen LogP contribution in [0.4, 0.5) is 0 Å². The quantitative estimate of drug-likeness (QED) is 0.666. The molecule has 0 unspecified atom stereocenters. The SMILES string of the molecule is COc1cc(-c2oc3ccccc3c(=O)c2OC)cc(Br)c1OC. The highest BCUT2D eigenvalue weighted by Crippen LogP contribution is 2.41. The predicted molar refractivity (Wildman–Crippen MR) is 95.3 cm³/mol. The van der Waals surface area contributed by atoms with Gasteiger partial charge in [0.15, 0.2) is 17.3 Å². The van der Waals surface area contributed by atoms with Crippen LogP contribution < -0.4 is 19.6 Å². The second-order valence-electron chi connectivity index (χ2n) is 4.98. The lowest BCUT2D eigenvalue weighted by atomic mass is 10.1. The Bertz CT molecular complexity index is 962. The van der Waals surface area contributed by atoms with Crippen LogP contribution >= 0.6 is 15.9 Å². The molecule has 0 amide bonds. The van der Waals surface area contributed by atoms with Crippen LogP contribution in [0.3, 0.4) is 0 Å². The van der Waals surface area contributed by atoms with Gasteiger partial charge in [0.25, 0.3) is 0 Å². The number of hydrogen-bond acceptors (Lipinski definition) is 5. The Labute approximate surface area is 146 Å². The fourth-order valence-corrected chi connectivity index (χ4v) is 3.15. The Balaban J connectivity index is 2.34. The highest BCUT2D eigenvalue weighted by atomic mass is 79.9. The largest absolute Gasteiger partial charge is 0.493 e. The third-order valence-corrected chi connectivity index (χ3v) is 4.25. The maximum Gasteiger partial charge on any atom is 0.235 e. The highest BCUT2D eigenvalue weighted by molar-refractivity contribution is 9.10. The molecule has 0 spiro atoms. The minimum absolute atomic E-state index is 0.146. The minimum Gasteiger partial charge on any atom is -0.493 e. The number of ether oxygens (including phenoxy) is 3. The van der Waals surface area contributed by atoms with Gasteiger partial charge in [0.2, 0.25) is 11.2 Å². The van der Waals surface area contributed by atoms with Crippen molar-refractivity contribution in [3.05, 3.63) is 51.1 Å². The molecule has 1 heterocycles. The maximum absolute atomic E-state index is 12.7. The van der Waals surface area contributed by atoms with Gasteiger partial charge >= 0.3 is 0 Å². The number of para-hydroxylation sites is 1. The fraction of sp³-hybridized carbons (Fsp3) is 0.167. The third kappa shape index (κ3) is 2.63. The zero-order valence-corrected chi connectivity index (χ0v) is 15.0. The van der Waals surface area contributed by atoms with E-state index in [9.17, 15) is 4.79 Å². The number of methoxy groups -OCH3 is 3. The molecule has 2 aromatic carbocycles. The van der Waals surface area contributed by atoms with E-state index in [1.807, 2.05) is 6.07 Å². The summed E-state index contributed by atoms with van der Waals surface area (Å²) in [5.74, 6) is 1.55. The Kier molecular flexibility index (Phi) is 4.49. The van der Waals surface area contributed by atoms with Crippen LogP contribution in [0.25, 0.3) is 22.3 Å². The monoisotopic (exact) mass is 390 g/mol. The molecule has 124 valence electrons. The summed E-state index contributed by atoms with van der Waals surface area (Å²) >= 11 is 3.45. The summed E-state index contributed by atoms with van der Waals surface area (Å²) < 4.78 is 22.6. The molecule has 0 N–H and O–H groups in total. The Hall–Kier alpha value is -2.47. The lowest BCUT2D eigenvalue weighted by Crippen LogP contribution is -2.07. The molecule has 5 nitrogen and oxygen atoms in total. The molecule has 0 aliphatic carbocycles. The van der Waals surface area contributed by atoms with Crippen molar-refractivity contribution >= 4 is 26.9 Å². The molecular weight excluding hydrogens is 376 g/mol. The molecule has 0 aliphatic rings. The van der Waals surface area contributed by atoms with Gasteiger partial charge in [0.1, 0.15) is 5.58 Å². The Morgan fingerprint density at radius 3 is 2.33 bits per heavy atom. The second-order valence-corrected chi connectivity index (χ2v) is 5.84. The zero-order chi connectivity index (χ0) is 17.3. The van der Waals surface area contributed by atoms with Crippen LogP contribution in [0, 0.1) is 0 Å². The maximum atomic E-state index is 12.7. The van der Waals surface area contributed by atoms with Gasteiger partial charge in [-0.3, -0.25) is 4.79 Å². The summed E-state index contributed by atoms with van der Waals surface area (Å²) in [7, 11) is 4.54. The fourth-order valence-electron chi connectivity index (χ4n) is 2.55. The summed E-state index contributed by atoms with van der Waals surface area (Å²) in [6, 6.07) is 10.6. The first kappa shape index (κ1) is 16.4. The van der Waals surface area contributed by atoms with E-state index in [1.54, 1.807) is 44.6 Å². The van der Waals surface area contributed by atoms with Crippen molar-refractivity contribution in [3.63, 3.8) is 0 Å². The first-order valence-electron chi connectivity index (χ1n) is 7.12. The van der Waals surface area contributed by atoms with E-state index in [0.717, 1.165) is 0 Å². The van der Waals surface area contributed by atoms with Crippen molar-refractivity contribution in [2.24, 2.45) is 0 Å². The smallest absolute Gasteiger partial charge is 0.235 e. The van der Waals surface area contributed by atoms with Crippen molar-refractivity contribution < 1.29 is 18.6 Å². The van der Waals surface area contributed by atoms with E-state index in [0.29, 0.717) is 38.3 Å². The first-order valence-corrected chi connectivity index (χ1v) is 7.91. The summed E-state index contributed by atoms with van der Waals surface area (Å²) in [5.41, 5.74) is 0.906. The molecule has 0 saturated carbocycles. The standard InChI is InChI=1S/C18H15BrO5/c1-21-14-9-10(8-12(19)17(14)22-2)16-18(23-3)15(20)11-6-4-5-7-13(11)24-16/h4-9H,1-3H3. The van der Waals surface area contributed by atoms with Crippen molar-refractivity contribution in [1.82, 2.24) is 0 Å². The summed E-state index contributed by atoms with van der Waals surface area (Å²) in [6.45, 7) is 0. The molecule has 0 aliphatic heterocycles. The predicted octanol–water partition coefficient (Wildman–Crippen LogP) is 4.25.